The Morgan fingerprint density at radius 1 is 1.54 bits per heavy atom. The van der Waals surface area contributed by atoms with Gasteiger partial charge in [0.15, 0.2) is 0 Å². The van der Waals surface area contributed by atoms with E-state index in [9.17, 15) is 13.2 Å². The fourth-order valence-electron chi connectivity index (χ4n) is 1.38. The molecule has 0 aromatic heterocycles. The number of aliphatic carboxylic acids is 1. The highest BCUT2D eigenvalue weighted by Crippen LogP contribution is 2.20. The van der Waals surface area contributed by atoms with E-state index in [0.717, 1.165) is 10.6 Å². The first-order valence-corrected chi connectivity index (χ1v) is 5.55. The molecular formula is C6H11NO5S. The van der Waals surface area contributed by atoms with Crippen molar-refractivity contribution in [3.63, 3.8) is 0 Å². The highest BCUT2D eigenvalue weighted by molar-refractivity contribution is 7.88. The quantitative estimate of drug-likeness (QED) is 0.575. The number of hydrogen-bond acceptors (Lipinski definition) is 4. The number of carboxylic acids is 1. The van der Waals surface area contributed by atoms with Gasteiger partial charge in [-0.05, 0) is 0 Å². The fourth-order valence-corrected chi connectivity index (χ4v) is 2.46. The third-order valence-electron chi connectivity index (χ3n) is 1.94. The van der Waals surface area contributed by atoms with Crippen LogP contribution in [0, 0.1) is 0 Å². The molecule has 0 aromatic rings. The Morgan fingerprint density at radius 2 is 2.08 bits per heavy atom. The zero-order valence-corrected chi connectivity index (χ0v) is 7.86. The second kappa shape index (κ2) is 3.24. The van der Waals surface area contributed by atoms with Gasteiger partial charge in [-0.3, -0.25) is 4.79 Å². The van der Waals surface area contributed by atoms with Gasteiger partial charge in [-0.25, -0.2) is 8.42 Å². The highest BCUT2D eigenvalue weighted by Gasteiger charge is 2.40. The number of carboxylic acid groups (broad SMARTS) is 1. The van der Waals surface area contributed by atoms with Crippen LogP contribution in [0.2, 0.25) is 0 Å². The molecule has 7 heteroatoms. The normalized spacial score (nSPS) is 30.6. The number of β-amino-alcohol motifs (C(OH)–C–C–N with tert-alkyl or cyclic N) is 1. The van der Waals surface area contributed by atoms with Crippen molar-refractivity contribution in [1.82, 2.24) is 4.31 Å². The molecule has 6 nitrogen and oxygen atoms in total. The van der Waals surface area contributed by atoms with E-state index in [4.69, 9.17) is 10.2 Å². The van der Waals surface area contributed by atoms with Gasteiger partial charge in [-0.15, -0.1) is 0 Å². The van der Waals surface area contributed by atoms with Gasteiger partial charge in [0, 0.05) is 13.0 Å². The van der Waals surface area contributed by atoms with E-state index >= 15 is 0 Å². The van der Waals surface area contributed by atoms with E-state index in [-0.39, 0.29) is 13.0 Å². The van der Waals surface area contributed by atoms with Crippen molar-refractivity contribution in [3.05, 3.63) is 0 Å². The maximum atomic E-state index is 11.0. The molecule has 0 amide bonds. The Morgan fingerprint density at radius 3 is 2.38 bits per heavy atom. The molecule has 1 heterocycles. The molecule has 0 aliphatic carbocycles. The van der Waals surface area contributed by atoms with Crippen molar-refractivity contribution in [2.24, 2.45) is 0 Å². The van der Waals surface area contributed by atoms with E-state index in [1.807, 2.05) is 0 Å². The monoisotopic (exact) mass is 209 g/mol. The van der Waals surface area contributed by atoms with Crippen LogP contribution in [0.5, 0.6) is 0 Å². The first-order valence-electron chi connectivity index (χ1n) is 3.70. The zero-order valence-electron chi connectivity index (χ0n) is 7.04. The largest absolute Gasteiger partial charge is 0.480 e. The van der Waals surface area contributed by atoms with Crippen LogP contribution in [-0.4, -0.2) is 53.9 Å². The zero-order chi connectivity index (χ0) is 10.2. The number of nitrogens with zero attached hydrogens (tertiary/aromatic N) is 1. The van der Waals surface area contributed by atoms with Gasteiger partial charge in [0.2, 0.25) is 10.0 Å². The lowest BCUT2D eigenvalue weighted by molar-refractivity contribution is -0.140. The van der Waals surface area contributed by atoms with Crippen molar-refractivity contribution >= 4 is 16.0 Å². The van der Waals surface area contributed by atoms with E-state index in [0.29, 0.717) is 0 Å². The lowest BCUT2D eigenvalue weighted by atomic mass is 10.2. The standard InChI is InChI=1S/C6H11NO5S/c1-13(11,12)7-3-4(8)2-5(7)6(9)10/h4-5,8H,2-3H2,1H3,(H,9,10)/t4-,5+/m1/s1. The molecule has 0 aromatic carbocycles. The summed E-state index contributed by atoms with van der Waals surface area (Å²) < 4.78 is 22.9. The molecule has 1 saturated heterocycles. The summed E-state index contributed by atoms with van der Waals surface area (Å²) in [5.74, 6) is -1.22. The molecule has 0 bridgehead atoms. The molecule has 2 atom stereocenters. The number of aliphatic hydroxyl groups is 1. The number of aliphatic hydroxyl groups excluding tert-OH is 1. The second-order valence-electron chi connectivity index (χ2n) is 3.08. The SMILES string of the molecule is CS(=O)(=O)N1C[C@H](O)C[C@H]1C(=O)O. The first kappa shape index (κ1) is 10.4. The molecule has 0 saturated carbocycles. The molecule has 0 radical (unpaired) electrons. The molecule has 2 N–H and O–H groups in total. The van der Waals surface area contributed by atoms with Gasteiger partial charge in [-0.1, -0.05) is 0 Å². The molecular weight excluding hydrogens is 198 g/mol. The second-order valence-corrected chi connectivity index (χ2v) is 5.01. The Hall–Kier alpha value is -0.660. The van der Waals surface area contributed by atoms with E-state index < -0.39 is 28.1 Å². The minimum absolute atomic E-state index is 0.0393. The molecule has 1 aliphatic rings. The smallest absolute Gasteiger partial charge is 0.322 e. The summed E-state index contributed by atoms with van der Waals surface area (Å²) in [5.41, 5.74) is 0. The third kappa shape index (κ3) is 2.17. The topological polar surface area (TPSA) is 94.9 Å². The molecule has 13 heavy (non-hydrogen) atoms. The summed E-state index contributed by atoms with van der Waals surface area (Å²) >= 11 is 0. The summed E-state index contributed by atoms with van der Waals surface area (Å²) in [5, 5.41) is 17.8. The molecule has 1 aliphatic heterocycles. The summed E-state index contributed by atoms with van der Waals surface area (Å²) in [6.45, 7) is -0.129. The van der Waals surface area contributed by atoms with Gasteiger partial charge >= 0.3 is 5.97 Å². The Kier molecular flexibility index (Phi) is 2.60. The average molecular weight is 209 g/mol. The molecule has 0 unspecified atom stereocenters. The fraction of sp³-hybridized carbons (Fsp3) is 0.833. The molecule has 76 valence electrons. The van der Waals surface area contributed by atoms with Crippen molar-refractivity contribution in [2.75, 3.05) is 12.8 Å². The van der Waals surface area contributed by atoms with Crippen molar-refractivity contribution in [1.29, 1.82) is 0 Å². The van der Waals surface area contributed by atoms with Crippen LogP contribution < -0.4 is 0 Å². The van der Waals surface area contributed by atoms with Crippen LogP contribution in [0.1, 0.15) is 6.42 Å². The van der Waals surface area contributed by atoms with E-state index in [2.05, 4.69) is 0 Å². The van der Waals surface area contributed by atoms with E-state index in [1.165, 1.54) is 0 Å². The molecule has 0 spiro atoms. The van der Waals surface area contributed by atoms with Gasteiger partial charge in [0.05, 0.1) is 12.4 Å². The number of sulfonamides is 1. The maximum absolute atomic E-state index is 11.0. The van der Waals surface area contributed by atoms with E-state index in [1.54, 1.807) is 0 Å². The Bertz CT molecular complexity index is 311. The molecule has 1 rings (SSSR count). The number of hydrogen-bond donors (Lipinski definition) is 2. The summed E-state index contributed by atoms with van der Waals surface area (Å²) in [4.78, 5) is 10.6. The van der Waals surface area contributed by atoms with Crippen LogP contribution in [0.25, 0.3) is 0 Å². The van der Waals surface area contributed by atoms with Crippen molar-refractivity contribution in [3.8, 4) is 0 Å². The predicted molar refractivity (Wildman–Crippen MR) is 43.6 cm³/mol. The minimum atomic E-state index is -3.54. The van der Waals surface area contributed by atoms with Crippen LogP contribution in [0.4, 0.5) is 0 Å². The van der Waals surface area contributed by atoms with Crippen molar-refractivity contribution in [2.45, 2.75) is 18.6 Å². The van der Waals surface area contributed by atoms with Crippen LogP contribution in [0.3, 0.4) is 0 Å². The summed E-state index contributed by atoms with van der Waals surface area (Å²) in [7, 11) is -3.54. The van der Waals surface area contributed by atoms with Gasteiger partial charge < -0.3 is 10.2 Å². The Labute approximate surface area is 75.8 Å². The summed E-state index contributed by atoms with van der Waals surface area (Å²) in [6, 6.07) is -1.12. The maximum Gasteiger partial charge on any atom is 0.322 e. The number of carbonyl (C=O) groups is 1. The average Bonchev–Trinajstić information content (AvgIpc) is 2.29. The highest BCUT2D eigenvalue weighted by atomic mass is 32.2. The lowest BCUT2D eigenvalue weighted by Gasteiger charge is -2.17. The van der Waals surface area contributed by atoms with Gasteiger partial charge in [0.25, 0.3) is 0 Å². The summed E-state index contributed by atoms with van der Waals surface area (Å²) in [6.07, 6.45) is 0.0134. The third-order valence-corrected chi connectivity index (χ3v) is 3.20. The van der Waals surface area contributed by atoms with Crippen LogP contribution in [-0.2, 0) is 14.8 Å². The lowest BCUT2D eigenvalue weighted by Crippen LogP contribution is -2.39. The Balaban J connectivity index is 2.91. The van der Waals surface area contributed by atoms with Gasteiger partial charge in [-0.2, -0.15) is 4.31 Å². The van der Waals surface area contributed by atoms with Crippen LogP contribution in [0.15, 0.2) is 0 Å². The van der Waals surface area contributed by atoms with Crippen molar-refractivity contribution < 1.29 is 23.4 Å². The van der Waals surface area contributed by atoms with Crippen LogP contribution >= 0.6 is 0 Å². The predicted octanol–water partition coefficient (Wildman–Crippen LogP) is -1.53. The first-order chi connectivity index (χ1) is 5.82. The van der Waals surface area contributed by atoms with Gasteiger partial charge in [0.1, 0.15) is 6.04 Å². The minimum Gasteiger partial charge on any atom is -0.480 e. The molecule has 1 fully saturated rings. The number of rotatable bonds is 2.